The number of carbonyl (C=O) groups excluding carboxylic acids is 1. The van der Waals surface area contributed by atoms with Crippen molar-refractivity contribution in [2.75, 3.05) is 0 Å². The van der Waals surface area contributed by atoms with Gasteiger partial charge in [0.15, 0.2) is 0 Å². The first-order valence-corrected chi connectivity index (χ1v) is 7.45. The van der Waals surface area contributed by atoms with E-state index in [1.807, 2.05) is 6.92 Å². The SMILES string of the molecule is CC(C)Cc1ccc([C@H](N[C@H](C)C(N)=O)C(C)C)cc1. The Labute approximate surface area is 122 Å². The molecule has 3 nitrogen and oxygen atoms in total. The highest BCUT2D eigenvalue weighted by Crippen LogP contribution is 2.23. The molecule has 1 rings (SSSR count). The summed E-state index contributed by atoms with van der Waals surface area (Å²) >= 11 is 0. The Bertz CT molecular complexity index is 423. The van der Waals surface area contributed by atoms with Crippen LogP contribution in [0.25, 0.3) is 0 Å². The molecule has 112 valence electrons. The number of rotatable bonds is 7. The van der Waals surface area contributed by atoms with Crippen molar-refractivity contribution in [1.82, 2.24) is 5.32 Å². The minimum absolute atomic E-state index is 0.144. The molecule has 1 aromatic carbocycles. The topological polar surface area (TPSA) is 55.1 Å². The Balaban J connectivity index is 2.84. The van der Waals surface area contributed by atoms with Gasteiger partial charge in [-0.1, -0.05) is 52.0 Å². The maximum absolute atomic E-state index is 11.2. The molecule has 1 amide bonds. The molecule has 0 spiro atoms. The van der Waals surface area contributed by atoms with Crippen LogP contribution in [0.4, 0.5) is 0 Å². The van der Waals surface area contributed by atoms with Gasteiger partial charge in [0.25, 0.3) is 0 Å². The van der Waals surface area contributed by atoms with Crippen LogP contribution in [-0.4, -0.2) is 11.9 Å². The van der Waals surface area contributed by atoms with Gasteiger partial charge in [-0.2, -0.15) is 0 Å². The monoisotopic (exact) mass is 276 g/mol. The van der Waals surface area contributed by atoms with Gasteiger partial charge in [-0.3, -0.25) is 10.1 Å². The Morgan fingerprint density at radius 1 is 1.10 bits per heavy atom. The van der Waals surface area contributed by atoms with Crippen molar-refractivity contribution in [1.29, 1.82) is 0 Å². The first-order valence-electron chi connectivity index (χ1n) is 7.45. The van der Waals surface area contributed by atoms with E-state index in [9.17, 15) is 4.79 Å². The fourth-order valence-corrected chi connectivity index (χ4v) is 2.36. The zero-order valence-corrected chi connectivity index (χ0v) is 13.3. The first kappa shape index (κ1) is 16.7. The third-order valence-corrected chi connectivity index (χ3v) is 3.51. The molecule has 0 unspecified atom stereocenters. The molecule has 0 aliphatic heterocycles. The van der Waals surface area contributed by atoms with Crippen LogP contribution in [0, 0.1) is 11.8 Å². The van der Waals surface area contributed by atoms with Crippen molar-refractivity contribution < 1.29 is 4.79 Å². The van der Waals surface area contributed by atoms with E-state index in [-0.39, 0.29) is 18.0 Å². The lowest BCUT2D eigenvalue weighted by molar-refractivity contribution is -0.119. The summed E-state index contributed by atoms with van der Waals surface area (Å²) in [4.78, 5) is 11.2. The van der Waals surface area contributed by atoms with Crippen molar-refractivity contribution in [3.05, 3.63) is 35.4 Å². The van der Waals surface area contributed by atoms with Crippen LogP contribution in [0.3, 0.4) is 0 Å². The molecular weight excluding hydrogens is 248 g/mol. The van der Waals surface area contributed by atoms with E-state index in [4.69, 9.17) is 5.73 Å². The lowest BCUT2D eigenvalue weighted by Gasteiger charge is -2.26. The molecule has 3 heteroatoms. The quantitative estimate of drug-likeness (QED) is 0.804. The van der Waals surface area contributed by atoms with E-state index in [2.05, 4.69) is 57.3 Å². The summed E-state index contributed by atoms with van der Waals surface area (Å²) in [6, 6.07) is 8.50. The fourth-order valence-electron chi connectivity index (χ4n) is 2.36. The summed E-state index contributed by atoms with van der Waals surface area (Å²) in [6.45, 7) is 10.5. The van der Waals surface area contributed by atoms with Gasteiger partial charge in [0, 0.05) is 6.04 Å². The summed E-state index contributed by atoms with van der Waals surface area (Å²) < 4.78 is 0. The summed E-state index contributed by atoms with van der Waals surface area (Å²) in [5.41, 5.74) is 7.90. The van der Waals surface area contributed by atoms with Gasteiger partial charge >= 0.3 is 0 Å². The van der Waals surface area contributed by atoms with Crippen LogP contribution in [0.2, 0.25) is 0 Å². The van der Waals surface area contributed by atoms with Crippen LogP contribution in [-0.2, 0) is 11.2 Å². The van der Waals surface area contributed by atoms with Gasteiger partial charge in [-0.25, -0.2) is 0 Å². The molecule has 0 radical (unpaired) electrons. The highest BCUT2D eigenvalue weighted by Gasteiger charge is 2.20. The van der Waals surface area contributed by atoms with E-state index in [1.165, 1.54) is 11.1 Å². The summed E-state index contributed by atoms with van der Waals surface area (Å²) in [6.07, 6.45) is 1.09. The summed E-state index contributed by atoms with van der Waals surface area (Å²) in [7, 11) is 0. The van der Waals surface area contributed by atoms with E-state index in [1.54, 1.807) is 0 Å². The minimum Gasteiger partial charge on any atom is -0.368 e. The van der Waals surface area contributed by atoms with E-state index in [0.29, 0.717) is 11.8 Å². The number of carbonyl (C=O) groups is 1. The molecule has 2 atom stereocenters. The predicted octanol–water partition coefficient (Wildman–Crippen LogP) is 3.05. The van der Waals surface area contributed by atoms with E-state index in [0.717, 1.165) is 6.42 Å². The molecule has 0 aliphatic rings. The fraction of sp³-hybridized carbons (Fsp3) is 0.588. The number of hydrogen-bond donors (Lipinski definition) is 2. The second-order valence-corrected chi connectivity index (χ2v) is 6.35. The number of amides is 1. The van der Waals surface area contributed by atoms with Gasteiger partial charge in [0.05, 0.1) is 6.04 Å². The lowest BCUT2D eigenvalue weighted by atomic mass is 9.93. The van der Waals surface area contributed by atoms with Crippen molar-refractivity contribution in [3.63, 3.8) is 0 Å². The van der Waals surface area contributed by atoms with E-state index >= 15 is 0 Å². The lowest BCUT2D eigenvalue weighted by Crippen LogP contribution is -2.42. The standard InChI is InChI=1S/C17H28N2O/c1-11(2)10-14-6-8-15(9-7-14)16(12(3)4)19-13(5)17(18)20/h6-9,11-13,16,19H,10H2,1-5H3,(H2,18,20)/t13-,16-/m1/s1. The van der Waals surface area contributed by atoms with Crippen molar-refractivity contribution in [2.45, 2.75) is 53.1 Å². The normalized spacial score (nSPS) is 14.6. The summed E-state index contributed by atoms with van der Waals surface area (Å²) in [5, 5.41) is 3.32. The van der Waals surface area contributed by atoms with Crippen LogP contribution in [0.5, 0.6) is 0 Å². The summed E-state index contributed by atoms with van der Waals surface area (Å²) in [5.74, 6) is 0.745. The van der Waals surface area contributed by atoms with Gasteiger partial charge < -0.3 is 5.73 Å². The second kappa shape index (κ2) is 7.44. The number of primary amides is 1. The third kappa shape index (κ3) is 4.97. The number of nitrogens with two attached hydrogens (primary N) is 1. The number of benzene rings is 1. The Morgan fingerprint density at radius 3 is 2.05 bits per heavy atom. The molecule has 0 aliphatic carbocycles. The maximum atomic E-state index is 11.2. The molecule has 0 saturated carbocycles. The molecule has 0 saturated heterocycles. The smallest absolute Gasteiger partial charge is 0.234 e. The van der Waals surface area contributed by atoms with E-state index < -0.39 is 0 Å². The molecule has 0 heterocycles. The average Bonchev–Trinajstić information content (AvgIpc) is 2.35. The zero-order chi connectivity index (χ0) is 15.3. The minimum atomic E-state index is -0.322. The number of hydrogen-bond acceptors (Lipinski definition) is 2. The second-order valence-electron chi connectivity index (χ2n) is 6.35. The van der Waals surface area contributed by atoms with Gasteiger partial charge in [0.2, 0.25) is 5.91 Å². The molecular formula is C17H28N2O. The molecule has 0 bridgehead atoms. The molecule has 20 heavy (non-hydrogen) atoms. The molecule has 0 fully saturated rings. The Morgan fingerprint density at radius 2 is 1.65 bits per heavy atom. The Kier molecular flexibility index (Phi) is 6.21. The van der Waals surface area contributed by atoms with Gasteiger partial charge in [-0.15, -0.1) is 0 Å². The van der Waals surface area contributed by atoms with Crippen LogP contribution >= 0.6 is 0 Å². The first-order chi connectivity index (χ1) is 9.31. The molecule has 0 aromatic heterocycles. The maximum Gasteiger partial charge on any atom is 0.234 e. The van der Waals surface area contributed by atoms with Crippen molar-refractivity contribution in [2.24, 2.45) is 17.6 Å². The number of nitrogens with one attached hydrogen (secondary N) is 1. The van der Waals surface area contributed by atoms with Gasteiger partial charge in [0.1, 0.15) is 0 Å². The van der Waals surface area contributed by atoms with Crippen LogP contribution < -0.4 is 11.1 Å². The Hall–Kier alpha value is -1.35. The average molecular weight is 276 g/mol. The third-order valence-electron chi connectivity index (χ3n) is 3.51. The van der Waals surface area contributed by atoms with Crippen LogP contribution in [0.1, 0.15) is 51.8 Å². The molecule has 1 aromatic rings. The zero-order valence-electron chi connectivity index (χ0n) is 13.3. The van der Waals surface area contributed by atoms with Crippen molar-refractivity contribution >= 4 is 5.91 Å². The molecule has 3 N–H and O–H groups in total. The highest BCUT2D eigenvalue weighted by atomic mass is 16.1. The van der Waals surface area contributed by atoms with Gasteiger partial charge in [-0.05, 0) is 36.3 Å². The largest absolute Gasteiger partial charge is 0.368 e. The van der Waals surface area contributed by atoms with Crippen LogP contribution in [0.15, 0.2) is 24.3 Å². The predicted molar refractivity (Wildman–Crippen MR) is 84.4 cm³/mol. The van der Waals surface area contributed by atoms with Crippen molar-refractivity contribution in [3.8, 4) is 0 Å². The highest BCUT2D eigenvalue weighted by molar-refractivity contribution is 5.79.